The molecule has 3 aromatic rings. The third-order valence-electron chi connectivity index (χ3n) is 9.64. The minimum absolute atomic E-state index is 0.294. The minimum atomic E-state index is -1.30. The quantitative estimate of drug-likeness (QED) is 0.184. The van der Waals surface area contributed by atoms with Gasteiger partial charge in [0, 0.05) is 42.3 Å². The highest BCUT2D eigenvalue weighted by molar-refractivity contribution is 6.11. The molecule has 15 nitrogen and oxygen atoms in total. The van der Waals surface area contributed by atoms with Gasteiger partial charge in [0.05, 0.1) is 11.0 Å². The summed E-state index contributed by atoms with van der Waals surface area (Å²) in [6, 6.07) is 7.67. The number of hydrogen-bond donors (Lipinski definition) is 6. The van der Waals surface area contributed by atoms with Gasteiger partial charge < -0.3 is 45.8 Å². The molecule has 2 aliphatic rings. The van der Waals surface area contributed by atoms with Crippen LogP contribution in [0.15, 0.2) is 36.4 Å². The van der Waals surface area contributed by atoms with Gasteiger partial charge in [-0.2, -0.15) is 0 Å². The van der Waals surface area contributed by atoms with Crippen LogP contribution >= 0.6 is 0 Å². The largest absolute Gasteiger partial charge is 0.465 e. The normalized spacial score (nSPS) is 18.8. The lowest BCUT2D eigenvalue weighted by atomic mass is 10.0. The Hall–Kier alpha value is -5.34. The van der Waals surface area contributed by atoms with E-state index in [0.29, 0.717) is 50.1 Å². The number of carboxylic acid groups (broad SMARTS) is 2. The van der Waals surface area contributed by atoms with Gasteiger partial charge in [-0.1, -0.05) is 39.8 Å². The average molecular weight is 692 g/mol. The highest BCUT2D eigenvalue weighted by Gasteiger charge is 2.40. The lowest BCUT2D eigenvalue weighted by molar-refractivity contribution is -0.139. The number of nitrogens with one attached hydrogen (secondary N) is 4. The van der Waals surface area contributed by atoms with E-state index in [1.54, 1.807) is 39.8 Å². The Bertz CT molecular complexity index is 1710. The van der Waals surface area contributed by atoms with Crippen molar-refractivity contribution in [2.24, 2.45) is 18.9 Å². The third kappa shape index (κ3) is 7.31. The van der Waals surface area contributed by atoms with Crippen molar-refractivity contribution < 1.29 is 39.0 Å². The number of nitrogens with zero attached hydrogens (tertiary/aromatic N) is 3. The first-order valence-electron chi connectivity index (χ1n) is 16.9. The number of likely N-dealkylation sites (tertiary alicyclic amines) is 2. The number of benzene rings is 2. The fraction of sp³-hybridized carbons (Fsp3) is 0.486. The molecule has 2 saturated heterocycles. The summed E-state index contributed by atoms with van der Waals surface area (Å²) in [5.41, 5.74) is 2.72. The van der Waals surface area contributed by atoms with E-state index in [1.165, 1.54) is 9.80 Å². The molecule has 3 heterocycles. The summed E-state index contributed by atoms with van der Waals surface area (Å²) in [7, 11) is 1.87. The summed E-state index contributed by atoms with van der Waals surface area (Å²) in [5.74, 6) is -2.14. The number of anilines is 2. The van der Waals surface area contributed by atoms with E-state index in [2.05, 4.69) is 21.3 Å². The molecule has 0 radical (unpaired) electrons. The Labute approximate surface area is 289 Å². The third-order valence-corrected chi connectivity index (χ3v) is 9.64. The Morgan fingerprint density at radius 3 is 1.38 bits per heavy atom. The molecule has 0 saturated carbocycles. The van der Waals surface area contributed by atoms with E-state index in [0.717, 1.165) is 21.8 Å². The highest BCUT2D eigenvalue weighted by Crippen LogP contribution is 2.33. The maximum Gasteiger partial charge on any atom is 0.405 e. The maximum atomic E-state index is 13.4. The monoisotopic (exact) mass is 691 g/mol. The minimum Gasteiger partial charge on any atom is -0.465 e. The standard InChI is InChI=1S/C35H45N7O8/c1-18(2)28(38-34(47)48)32(45)41-14-6-8-24(41)30(43)36-20-10-12-22-23-13-11-21(17-27(23)40(5)26(22)16-20)37-31(44)25-9-7-15-42(25)33(46)29(19(3)4)39-35(49)50/h10-13,16-19,24-25,28-29,38-39H,6-9,14-15H2,1-5H3,(H,36,43)(H,37,44)(H,47,48)(H,49,50)/t24-,25-,28?,29?/m0/s1. The summed E-state index contributed by atoms with van der Waals surface area (Å²) in [5, 5.41) is 30.7. The van der Waals surface area contributed by atoms with Crippen LogP contribution in [-0.2, 0) is 26.2 Å². The van der Waals surface area contributed by atoms with E-state index in [-0.39, 0.29) is 23.7 Å². The maximum absolute atomic E-state index is 13.4. The van der Waals surface area contributed by atoms with Crippen molar-refractivity contribution in [3.05, 3.63) is 36.4 Å². The van der Waals surface area contributed by atoms with Gasteiger partial charge in [0.2, 0.25) is 23.6 Å². The van der Waals surface area contributed by atoms with Crippen LogP contribution in [0, 0.1) is 11.8 Å². The number of carbonyl (C=O) groups is 6. The zero-order chi connectivity index (χ0) is 36.4. The van der Waals surface area contributed by atoms with Crippen LogP contribution in [0.3, 0.4) is 0 Å². The van der Waals surface area contributed by atoms with E-state index in [1.807, 2.05) is 35.9 Å². The van der Waals surface area contributed by atoms with Gasteiger partial charge in [-0.25, -0.2) is 9.59 Å². The smallest absolute Gasteiger partial charge is 0.405 e. The van der Waals surface area contributed by atoms with Crippen molar-refractivity contribution >= 4 is 69.0 Å². The lowest BCUT2D eigenvalue weighted by Gasteiger charge is -2.29. The molecule has 6 amide bonds. The second-order valence-electron chi connectivity index (χ2n) is 13.7. The number of aromatic nitrogens is 1. The van der Waals surface area contributed by atoms with Crippen LogP contribution in [-0.4, -0.2) is 97.7 Å². The van der Waals surface area contributed by atoms with E-state index < -0.39 is 48.2 Å². The number of hydrogen-bond acceptors (Lipinski definition) is 6. The fourth-order valence-electron chi connectivity index (χ4n) is 7.07. The SMILES string of the molecule is CC(C)C(NC(=O)O)C(=O)N1CCC[C@H]1C(=O)Nc1ccc2c3ccc(NC(=O)[C@@H]4CCCN4C(=O)C(NC(=O)O)C(C)C)cc3n(C)c2c1. The zero-order valence-electron chi connectivity index (χ0n) is 28.9. The molecular weight excluding hydrogens is 646 g/mol. The summed E-state index contributed by atoms with van der Waals surface area (Å²) >= 11 is 0. The molecule has 4 atom stereocenters. The fourth-order valence-corrected chi connectivity index (χ4v) is 7.07. The van der Waals surface area contributed by atoms with Gasteiger partial charge in [-0.05, 0) is 61.8 Å². The van der Waals surface area contributed by atoms with E-state index >= 15 is 0 Å². The molecule has 2 unspecified atom stereocenters. The molecule has 6 N–H and O–H groups in total. The number of fused-ring (bicyclic) bond motifs is 3. The predicted molar refractivity (Wildman–Crippen MR) is 187 cm³/mol. The van der Waals surface area contributed by atoms with E-state index in [9.17, 15) is 39.0 Å². The first-order valence-corrected chi connectivity index (χ1v) is 16.9. The van der Waals surface area contributed by atoms with Gasteiger partial charge in [-0.15, -0.1) is 0 Å². The first kappa shape index (κ1) is 36.0. The van der Waals surface area contributed by atoms with Gasteiger partial charge in [-0.3, -0.25) is 19.2 Å². The molecule has 1 aromatic heterocycles. The summed E-state index contributed by atoms with van der Waals surface area (Å²) < 4.78 is 1.95. The second kappa shape index (κ2) is 14.6. The summed E-state index contributed by atoms with van der Waals surface area (Å²) in [6.45, 7) is 7.71. The van der Waals surface area contributed by atoms with Gasteiger partial charge in [0.1, 0.15) is 24.2 Å². The van der Waals surface area contributed by atoms with Crippen LogP contribution < -0.4 is 21.3 Å². The van der Waals surface area contributed by atoms with Crippen molar-refractivity contribution in [3.8, 4) is 0 Å². The first-order chi connectivity index (χ1) is 23.7. The molecule has 15 heteroatoms. The van der Waals surface area contributed by atoms with Crippen molar-refractivity contribution in [2.75, 3.05) is 23.7 Å². The topological polar surface area (TPSA) is 202 Å². The van der Waals surface area contributed by atoms with Crippen LogP contribution in [0.1, 0.15) is 53.4 Å². The number of amides is 6. The van der Waals surface area contributed by atoms with Crippen molar-refractivity contribution in [1.82, 2.24) is 25.0 Å². The lowest BCUT2D eigenvalue weighted by Crippen LogP contribution is -2.54. The Morgan fingerprint density at radius 2 is 1.04 bits per heavy atom. The summed E-state index contributed by atoms with van der Waals surface area (Å²) in [4.78, 5) is 78.9. The van der Waals surface area contributed by atoms with Gasteiger partial charge in [0.25, 0.3) is 0 Å². The zero-order valence-corrected chi connectivity index (χ0v) is 28.9. The Balaban J connectivity index is 1.31. The molecule has 0 spiro atoms. The number of rotatable bonds is 10. The molecule has 0 bridgehead atoms. The molecular formula is C35H45N7O8. The Kier molecular flexibility index (Phi) is 10.5. The molecule has 2 fully saturated rings. The molecule has 5 rings (SSSR count). The van der Waals surface area contributed by atoms with E-state index in [4.69, 9.17) is 0 Å². The summed E-state index contributed by atoms with van der Waals surface area (Å²) in [6.07, 6.45) is -0.421. The Morgan fingerprint density at radius 1 is 0.660 bits per heavy atom. The predicted octanol–water partition coefficient (Wildman–Crippen LogP) is 3.77. The second-order valence-corrected chi connectivity index (χ2v) is 13.7. The molecule has 2 aromatic carbocycles. The van der Waals surface area contributed by atoms with Gasteiger partial charge >= 0.3 is 12.2 Å². The molecule has 268 valence electrons. The van der Waals surface area contributed by atoms with Crippen LogP contribution in [0.25, 0.3) is 21.8 Å². The highest BCUT2D eigenvalue weighted by atomic mass is 16.4. The van der Waals surface area contributed by atoms with Gasteiger partial charge in [0.15, 0.2) is 0 Å². The average Bonchev–Trinajstić information content (AvgIpc) is 3.80. The molecule has 0 aliphatic carbocycles. The number of carbonyl (C=O) groups excluding carboxylic acids is 4. The van der Waals surface area contributed by atoms with Crippen molar-refractivity contribution in [1.29, 1.82) is 0 Å². The van der Waals surface area contributed by atoms with Crippen LogP contribution in [0.5, 0.6) is 0 Å². The molecule has 50 heavy (non-hydrogen) atoms. The van der Waals surface area contributed by atoms with Crippen LogP contribution in [0.4, 0.5) is 21.0 Å². The van der Waals surface area contributed by atoms with Crippen LogP contribution in [0.2, 0.25) is 0 Å². The van der Waals surface area contributed by atoms with Crippen molar-refractivity contribution in [3.63, 3.8) is 0 Å². The van der Waals surface area contributed by atoms with Crippen molar-refractivity contribution in [2.45, 2.75) is 77.5 Å². The number of aryl methyl sites for hydroxylation is 1. The molecule has 2 aliphatic heterocycles.